The first-order valence-corrected chi connectivity index (χ1v) is 8.05. The van der Waals surface area contributed by atoms with E-state index in [9.17, 15) is 0 Å². The van der Waals surface area contributed by atoms with Crippen molar-refractivity contribution in [1.82, 2.24) is 9.80 Å². The smallest absolute Gasteiger partial charge is 0.0282 e. The normalized spacial score (nSPS) is 32.6. The van der Waals surface area contributed by atoms with Crippen LogP contribution in [-0.4, -0.2) is 47.6 Å². The van der Waals surface area contributed by atoms with Crippen molar-refractivity contribution in [1.29, 1.82) is 0 Å². The monoisotopic (exact) mass is 248 g/mol. The van der Waals surface area contributed by atoms with E-state index in [0.29, 0.717) is 0 Å². The quantitative estimate of drug-likeness (QED) is 0.708. The minimum absolute atomic E-state index is 0.730. The lowest BCUT2D eigenvalue weighted by Gasteiger charge is -2.41. The number of piperidine rings is 1. The predicted octanol–water partition coefficient (Wildman–Crippen LogP) is 3.04. The summed E-state index contributed by atoms with van der Waals surface area (Å²) in [5.41, 5.74) is 0. The van der Waals surface area contributed by atoms with E-state index >= 15 is 0 Å². The van der Waals surface area contributed by atoms with Crippen LogP contribution in [0.3, 0.4) is 0 Å². The summed E-state index contributed by atoms with van der Waals surface area (Å²) in [5, 5.41) is 0. The van der Waals surface area contributed by atoms with Crippen LogP contribution in [0.1, 0.15) is 51.9 Å². The molecule has 18 heavy (non-hydrogen) atoms. The lowest BCUT2D eigenvalue weighted by molar-refractivity contribution is 0.0815. The first-order valence-electron chi connectivity index (χ1n) is 8.05. The van der Waals surface area contributed by atoms with Crippen LogP contribution in [0.25, 0.3) is 0 Å². The maximum atomic E-state index is 2.79. The highest BCUT2D eigenvalue weighted by Crippen LogP contribution is 2.29. The van der Waals surface area contributed by atoms with Crippen LogP contribution < -0.4 is 0 Å². The van der Waals surface area contributed by atoms with Gasteiger partial charge in [0.1, 0.15) is 0 Å². The van der Waals surface area contributed by atoms with Crippen molar-refractivity contribution >= 4 is 0 Å². The second kappa shape index (κ2) is 5.75. The van der Waals surface area contributed by atoms with E-state index in [4.69, 9.17) is 0 Å². The lowest BCUT2D eigenvalue weighted by atomic mass is 9.99. The molecule has 2 heterocycles. The number of nitrogens with zero attached hydrogens (tertiary/aromatic N) is 2. The van der Waals surface area contributed by atoms with Gasteiger partial charge in [-0.25, -0.2) is 0 Å². The van der Waals surface area contributed by atoms with E-state index in [0.717, 1.165) is 18.1 Å². The lowest BCUT2D eigenvalue weighted by Crippen LogP contribution is -2.49. The van der Waals surface area contributed by atoms with Crippen LogP contribution in [0, 0.1) is 0 Å². The summed E-state index contributed by atoms with van der Waals surface area (Å²) < 4.78 is 0. The molecule has 0 aromatic rings. The van der Waals surface area contributed by atoms with Crippen LogP contribution in [0.5, 0.6) is 0 Å². The number of likely N-dealkylation sites (tertiary alicyclic amines) is 1. The summed E-state index contributed by atoms with van der Waals surface area (Å²) in [6.07, 6.45) is 14.7. The van der Waals surface area contributed by atoms with Crippen molar-refractivity contribution in [3.8, 4) is 0 Å². The van der Waals surface area contributed by atoms with E-state index in [2.05, 4.69) is 28.9 Å². The third kappa shape index (κ3) is 2.50. The highest BCUT2D eigenvalue weighted by Gasteiger charge is 2.32. The zero-order valence-electron chi connectivity index (χ0n) is 11.9. The van der Waals surface area contributed by atoms with Crippen molar-refractivity contribution in [3.05, 3.63) is 12.2 Å². The fraction of sp³-hybridized carbons (Fsp3) is 0.875. The standard InChI is InChI=1S/C16H28N2/c1-2-14-8-5-11-18(14)16-9-12-17(13-10-16)15-6-3-4-7-15/h5,8,14-16H,2-4,6-7,9-13H2,1H3. The molecule has 1 aliphatic carbocycles. The first kappa shape index (κ1) is 12.7. The van der Waals surface area contributed by atoms with Gasteiger partial charge in [0, 0.05) is 24.7 Å². The van der Waals surface area contributed by atoms with Gasteiger partial charge in [-0.05, 0) is 45.2 Å². The molecule has 0 radical (unpaired) electrons. The molecule has 2 aliphatic heterocycles. The van der Waals surface area contributed by atoms with E-state index in [1.807, 2.05) is 0 Å². The van der Waals surface area contributed by atoms with Gasteiger partial charge in [-0.15, -0.1) is 0 Å². The average molecular weight is 248 g/mol. The molecule has 0 aromatic heterocycles. The highest BCUT2D eigenvalue weighted by atomic mass is 15.2. The van der Waals surface area contributed by atoms with Crippen LogP contribution in [0.2, 0.25) is 0 Å². The van der Waals surface area contributed by atoms with Crippen LogP contribution in [0.4, 0.5) is 0 Å². The molecule has 1 saturated carbocycles. The van der Waals surface area contributed by atoms with Crippen molar-refractivity contribution in [2.75, 3.05) is 19.6 Å². The largest absolute Gasteiger partial charge is 0.300 e. The van der Waals surface area contributed by atoms with Crippen molar-refractivity contribution in [2.45, 2.75) is 70.0 Å². The molecule has 3 rings (SSSR count). The van der Waals surface area contributed by atoms with Gasteiger partial charge >= 0.3 is 0 Å². The van der Waals surface area contributed by atoms with Crippen molar-refractivity contribution in [2.24, 2.45) is 0 Å². The second-order valence-corrected chi connectivity index (χ2v) is 6.31. The Hall–Kier alpha value is -0.340. The van der Waals surface area contributed by atoms with E-state index < -0.39 is 0 Å². The summed E-state index contributed by atoms with van der Waals surface area (Å²) in [4.78, 5) is 5.53. The Labute approximate surface area is 112 Å². The fourth-order valence-corrected chi connectivity index (χ4v) is 4.23. The predicted molar refractivity (Wildman–Crippen MR) is 76.8 cm³/mol. The minimum Gasteiger partial charge on any atom is -0.300 e. The molecule has 1 atom stereocenters. The van der Waals surface area contributed by atoms with Gasteiger partial charge in [-0.1, -0.05) is 31.9 Å². The van der Waals surface area contributed by atoms with Gasteiger partial charge in [0.15, 0.2) is 0 Å². The van der Waals surface area contributed by atoms with E-state index in [-0.39, 0.29) is 0 Å². The van der Waals surface area contributed by atoms with Crippen LogP contribution in [-0.2, 0) is 0 Å². The summed E-state index contributed by atoms with van der Waals surface area (Å²) >= 11 is 0. The molecule has 102 valence electrons. The zero-order chi connectivity index (χ0) is 12.4. The summed E-state index contributed by atoms with van der Waals surface area (Å²) in [6, 6.07) is 2.51. The van der Waals surface area contributed by atoms with Gasteiger partial charge in [0.2, 0.25) is 0 Å². The maximum absolute atomic E-state index is 2.79. The zero-order valence-corrected chi connectivity index (χ0v) is 11.9. The van der Waals surface area contributed by atoms with Crippen molar-refractivity contribution < 1.29 is 0 Å². The summed E-state index contributed by atoms with van der Waals surface area (Å²) in [7, 11) is 0. The second-order valence-electron chi connectivity index (χ2n) is 6.31. The van der Waals surface area contributed by atoms with Gasteiger partial charge in [0.05, 0.1) is 0 Å². The molecule has 2 nitrogen and oxygen atoms in total. The van der Waals surface area contributed by atoms with Crippen LogP contribution >= 0.6 is 0 Å². The minimum atomic E-state index is 0.730. The Morgan fingerprint density at radius 3 is 2.39 bits per heavy atom. The third-order valence-electron chi connectivity index (χ3n) is 5.33. The van der Waals surface area contributed by atoms with Crippen molar-refractivity contribution in [3.63, 3.8) is 0 Å². The number of hydrogen-bond acceptors (Lipinski definition) is 2. The molecule has 2 heteroatoms. The molecule has 0 bridgehead atoms. The first-order chi connectivity index (χ1) is 8.88. The summed E-state index contributed by atoms with van der Waals surface area (Å²) in [5.74, 6) is 0. The van der Waals surface area contributed by atoms with E-state index in [1.54, 1.807) is 0 Å². The Morgan fingerprint density at radius 2 is 1.72 bits per heavy atom. The number of hydrogen-bond donors (Lipinski definition) is 0. The maximum Gasteiger partial charge on any atom is 0.0282 e. The number of rotatable bonds is 3. The van der Waals surface area contributed by atoms with E-state index in [1.165, 1.54) is 64.6 Å². The molecule has 2 fully saturated rings. The molecule has 1 unspecified atom stereocenters. The molecule has 3 aliphatic rings. The van der Waals surface area contributed by atoms with Gasteiger partial charge < -0.3 is 4.90 Å². The average Bonchev–Trinajstić information content (AvgIpc) is 3.10. The molecule has 1 saturated heterocycles. The Morgan fingerprint density at radius 1 is 1.00 bits per heavy atom. The fourth-order valence-electron chi connectivity index (χ4n) is 4.23. The molecule has 0 aromatic carbocycles. The van der Waals surface area contributed by atoms with Gasteiger partial charge in [0.25, 0.3) is 0 Å². The molecular formula is C16H28N2. The Kier molecular flexibility index (Phi) is 4.05. The highest BCUT2D eigenvalue weighted by molar-refractivity contribution is 5.05. The molecular weight excluding hydrogens is 220 g/mol. The Bertz CT molecular complexity index is 285. The third-order valence-corrected chi connectivity index (χ3v) is 5.33. The molecule has 0 amide bonds. The molecule has 0 N–H and O–H groups in total. The summed E-state index contributed by atoms with van der Waals surface area (Å²) in [6.45, 7) is 6.22. The topological polar surface area (TPSA) is 6.48 Å². The molecule has 0 spiro atoms. The Balaban J connectivity index is 1.50. The SMILES string of the molecule is CCC1C=CCN1C1CCN(C2CCCC2)CC1. The van der Waals surface area contributed by atoms with Crippen LogP contribution in [0.15, 0.2) is 12.2 Å². The van der Waals surface area contributed by atoms with Gasteiger partial charge in [-0.2, -0.15) is 0 Å². The van der Waals surface area contributed by atoms with Gasteiger partial charge in [-0.3, -0.25) is 4.90 Å².